The molecular formula is C18H19N2O2-. The van der Waals surface area contributed by atoms with Gasteiger partial charge in [0.2, 0.25) is 0 Å². The van der Waals surface area contributed by atoms with Gasteiger partial charge in [-0.2, -0.15) is 0 Å². The van der Waals surface area contributed by atoms with Gasteiger partial charge >= 0.3 is 0 Å². The topological polar surface area (TPSA) is 55.7 Å². The van der Waals surface area contributed by atoms with E-state index in [1.165, 1.54) is 17.8 Å². The summed E-state index contributed by atoms with van der Waals surface area (Å²) in [6.45, 7) is 6.23. The van der Waals surface area contributed by atoms with Crippen molar-refractivity contribution in [1.82, 2.24) is 0 Å². The molecule has 0 saturated carbocycles. The molecule has 0 fully saturated rings. The van der Waals surface area contributed by atoms with Crippen molar-refractivity contribution in [3.05, 3.63) is 59.7 Å². The second-order valence-corrected chi connectivity index (χ2v) is 4.86. The van der Waals surface area contributed by atoms with E-state index in [0.29, 0.717) is 5.69 Å². The summed E-state index contributed by atoms with van der Waals surface area (Å²) < 4.78 is 0. The maximum Gasteiger partial charge on any atom is 0.0715 e. The number of hydrogen-bond donors (Lipinski definition) is 0. The molecule has 0 spiro atoms. The fourth-order valence-corrected chi connectivity index (χ4v) is 2.19. The fraction of sp³-hybridized carbons (Fsp3) is 0.222. The zero-order chi connectivity index (χ0) is 15.9. The Bertz CT molecular complexity index is 642. The first kappa shape index (κ1) is 15.8. The molecule has 0 saturated heterocycles. The van der Waals surface area contributed by atoms with Gasteiger partial charge in [0.05, 0.1) is 11.7 Å². The minimum Gasteiger partial charge on any atom is -0.545 e. The third kappa shape index (κ3) is 3.95. The molecule has 0 aromatic heterocycles. The second-order valence-electron chi connectivity index (χ2n) is 4.86. The van der Waals surface area contributed by atoms with Gasteiger partial charge in [0.25, 0.3) is 0 Å². The largest absolute Gasteiger partial charge is 0.545 e. The van der Waals surface area contributed by atoms with Gasteiger partial charge < -0.3 is 14.8 Å². The highest BCUT2D eigenvalue weighted by Crippen LogP contribution is 2.16. The molecule has 0 aliphatic carbocycles. The Morgan fingerprint density at radius 1 is 1.05 bits per heavy atom. The molecule has 0 aliphatic heterocycles. The van der Waals surface area contributed by atoms with Crippen molar-refractivity contribution >= 4 is 23.6 Å². The maximum atomic E-state index is 10.7. The molecule has 0 unspecified atom stereocenters. The SMILES string of the molecule is CCN(CC)c1ccc(C=Nc2ccc(C(=O)[O-])cc2)cc1. The molecule has 114 valence electrons. The van der Waals surface area contributed by atoms with E-state index in [2.05, 4.69) is 35.9 Å². The van der Waals surface area contributed by atoms with Gasteiger partial charge in [-0.15, -0.1) is 0 Å². The number of nitrogens with zero attached hydrogens (tertiary/aromatic N) is 2. The molecule has 2 rings (SSSR count). The molecule has 0 aliphatic rings. The normalized spacial score (nSPS) is 10.8. The summed E-state index contributed by atoms with van der Waals surface area (Å²) in [5.41, 5.74) is 3.06. The Balaban J connectivity index is 2.08. The number of hydrogen-bond acceptors (Lipinski definition) is 4. The number of aromatic carboxylic acids is 1. The van der Waals surface area contributed by atoms with Gasteiger partial charge in [-0.1, -0.05) is 24.3 Å². The van der Waals surface area contributed by atoms with Gasteiger partial charge in [-0.3, -0.25) is 4.99 Å². The Labute approximate surface area is 130 Å². The van der Waals surface area contributed by atoms with Crippen molar-refractivity contribution in [1.29, 1.82) is 0 Å². The zero-order valence-corrected chi connectivity index (χ0v) is 12.8. The first-order valence-electron chi connectivity index (χ1n) is 7.34. The van der Waals surface area contributed by atoms with Crippen LogP contribution in [0.3, 0.4) is 0 Å². The monoisotopic (exact) mass is 295 g/mol. The summed E-state index contributed by atoms with van der Waals surface area (Å²) in [5.74, 6) is -1.18. The minimum absolute atomic E-state index is 0.155. The van der Waals surface area contributed by atoms with Crippen LogP contribution in [0.2, 0.25) is 0 Å². The quantitative estimate of drug-likeness (QED) is 0.770. The summed E-state index contributed by atoms with van der Waals surface area (Å²) in [4.78, 5) is 17.3. The van der Waals surface area contributed by atoms with Crippen molar-refractivity contribution in [2.24, 2.45) is 4.99 Å². The van der Waals surface area contributed by atoms with Crippen LogP contribution in [-0.2, 0) is 0 Å². The lowest BCUT2D eigenvalue weighted by molar-refractivity contribution is -0.255. The van der Waals surface area contributed by atoms with Crippen LogP contribution in [-0.4, -0.2) is 25.3 Å². The number of carboxylic acid groups (broad SMARTS) is 1. The van der Waals surface area contributed by atoms with E-state index in [1.54, 1.807) is 18.3 Å². The van der Waals surface area contributed by atoms with Crippen LogP contribution in [0.4, 0.5) is 11.4 Å². The van der Waals surface area contributed by atoms with Crippen molar-refractivity contribution in [3.8, 4) is 0 Å². The lowest BCUT2D eigenvalue weighted by Gasteiger charge is -2.20. The summed E-state index contributed by atoms with van der Waals surface area (Å²) in [7, 11) is 0. The lowest BCUT2D eigenvalue weighted by atomic mass is 10.2. The number of carbonyl (C=O) groups excluding carboxylic acids is 1. The van der Waals surface area contributed by atoms with E-state index in [9.17, 15) is 9.90 Å². The highest BCUT2D eigenvalue weighted by atomic mass is 16.4. The molecule has 0 atom stereocenters. The van der Waals surface area contributed by atoms with Crippen molar-refractivity contribution in [2.75, 3.05) is 18.0 Å². The number of benzene rings is 2. The number of carbonyl (C=O) groups is 1. The van der Waals surface area contributed by atoms with E-state index in [0.717, 1.165) is 18.7 Å². The van der Waals surface area contributed by atoms with E-state index in [1.807, 2.05) is 12.1 Å². The molecule has 2 aromatic rings. The Morgan fingerprint density at radius 3 is 2.14 bits per heavy atom. The molecular weight excluding hydrogens is 276 g/mol. The van der Waals surface area contributed by atoms with Gasteiger partial charge in [0.1, 0.15) is 0 Å². The third-order valence-corrected chi connectivity index (χ3v) is 3.49. The highest BCUT2D eigenvalue weighted by Gasteiger charge is 2.00. The minimum atomic E-state index is -1.18. The maximum absolute atomic E-state index is 10.7. The molecule has 4 heteroatoms. The van der Waals surface area contributed by atoms with E-state index in [4.69, 9.17) is 0 Å². The van der Waals surface area contributed by atoms with E-state index in [-0.39, 0.29) is 5.56 Å². The number of anilines is 1. The van der Waals surface area contributed by atoms with Crippen molar-refractivity contribution < 1.29 is 9.90 Å². The standard InChI is InChI=1S/C18H20N2O2/c1-3-20(4-2)17-11-5-14(6-12-17)13-19-16-9-7-15(8-10-16)18(21)22/h5-13H,3-4H2,1-2H3,(H,21,22)/p-1. The predicted octanol–water partition coefficient (Wildman–Crippen LogP) is 2.65. The average Bonchev–Trinajstić information content (AvgIpc) is 2.55. The summed E-state index contributed by atoms with van der Waals surface area (Å²) in [6.07, 6.45) is 1.76. The third-order valence-electron chi connectivity index (χ3n) is 3.49. The molecule has 22 heavy (non-hydrogen) atoms. The molecule has 0 radical (unpaired) electrons. The first-order valence-corrected chi connectivity index (χ1v) is 7.34. The Hall–Kier alpha value is -2.62. The molecule has 0 bridgehead atoms. The molecule has 2 aromatic carbocycles. The van der Waals surface area contributed by atoms with Crippen molar-refractivity contribution in [3.63, 3.8) is 0 Å². The molecule has 0 heterocycles. The molecule has 0 amide bonds. The van der Waals surface area contributed by atoms with Crippen LogP contribution < -0.4 is 10.0 Å². The smallest absolute Gasteiger partial charge is 0.0715 e. The number of rotatable bonds is 6. The lowest BCUT2D eigenvalue weighted by Crippen LogP contribution is -2.21. The van der Waals surface area contributed by atoms with Crippen LogP contribution in [0.25, 0.3) is 0 Å². The average molecular weight is 295 g/mol. The highest BCUT2D eigenvalue weighted by molar-refractivity contribution is 5.87. The fourth-order valence-electron chi connectivity index (χ4n) is 2.19. The van der Waals surface area contributed by atoms with Crippen LogP contribution in [0.15, 0.2) is 53.5 Å². The number of carboxylic acids is 1. The first-order chi connectivity index (χ1) is 10.6. The van der Waals surface area contributed by atoms with E-state index < -0.39 is 5.97 Å². The molecule has 4 nitrogen and oxygen atoms in total. The zero-order valence-electron chi connectivity index (χ0n) is 12.8. The van der Waals surface area contributed by atoms with Crippen LogP contribution in [0.5, 0.6) is 0 Å². The van der Waals surface area contributed by atoms with Crippen LogP contribution in [0, 0.1) is 0 Å². The van der Waals surface area contributed by atoms with Crippen LogP contribution in [0.1, 0.15) is 29.8 Å². The predicted molar refractivity (Wildman–Crippen MR) is 88.0 cm³/mol. The summed E-state index contributed by atoms with van der Waals surface area (Å²) in [5, 5.41) is 10.7. The van der Waals surface area contributed by atoms with Gasteiger partial charge in [-0.25, -0.2) is 0 Å². The molecule has 0 N–H and O–H groups in total. The van der Waals surface area contributed by atoms with Gasteiger partial charge in [0, 0.05) is 25.0 Å². The van der Waals surface area contributed by atoms with Gasteiger partial charge in [-0.05, 0) is 49.2 Å². The van der Waals surface area contributed by atoms with Gasteiger partial charge in [0.15, 0.2) is 0 Å². The summed E-state index contributed by atoms with van der Waals surface area (Å²) in [6, 6.07) is 14.5. The Kier molecular flexibility index (Phi) is 5.31. The van der Waals surface area contributed by atoms with Crippen molar-refractivity contribution in [2.45, 2.75) is 13.8 Å². The second kappa shape index (κ2) is 7.41. The number of aliphatic imine (C=N–C) groups is 1. The van der Waals surface area contributed by atoms with Crippen LogP contribution >= 0.6 is 0 Å². The van der Waals surface area contributed by atoms with E-state index >= 15 is 0 Å². The Morgan fingerprint density at radius 2 is 1.64 bits per heavy atom. The summed E-state index contributed by atoms with van der Waals surface area (Å²) >= 11 is 0.